The van der Waals surface area contributed by atoms with Gasteiger partial charge in [-0.2, -0.15) is 0 Å². The minimum absolute atomic E-state index is 0.177. The topological polar surface area (TPSA) is 60.4 Å². The van der Waals surface area contributed by atoms with Gasteiger partial charge in [0.05, 0.1) is 26.4 Å². The van der Waals surface area contributed by atoms with Crippen molar-refractivity contribution < 1.29 is 24.1 Å². The van der Waals surface area contributed by atoms with Crippen molar-refractivity contribution in [3.63, 3.8) is 0 Å². The number of rotatable bonds is 7. The van der Waals surface area contributed by atoms with Crippen LogP contribution in [-0.2, 0) is 4.74 Å². The maximum absolute atomic E-state index is 10.3. The quantitative estimate of drug-likeness (QED) is 0.821. The van der Waals surface area contributed by atoms with Crippen molar-refractivity contribution in [1.82, 2.24) is 4.90 Å². The number of hydrogen-bond donors (Lipinski definition) is 1. The maximum atomic E-state index is 10.3. The second-order valence-corrected chi connectivity index (χ2v) is 5.93. The minimum atomic E-state index is -0.595. The van der Waals surface area contributed by atoms with Gasteiger partial charge in [0, 0.05) is 19.6 Å². The van der Waals surface area contributed by atoms with Gasteiger partial charge < -0.3 is 24.1 Å². The summed E-state index contributed by atoms with van der Waals surface area (Å²) in [7, 11) is 3.16. The van der Waals surface area contributed by atoms with Crippen molar-refractivity contribution in [2.45, 2.75) is 32.2 Å². The average Bonchev–Trinajstić information content (AvgIpc) is 2.51. The second kappa shape index (κ2) is 8.38. The van der Waals surface area contributed by atoms with Crippen LogP contribution in [-0.4, -0.2) is 68.8 Å². The molecule has 6 nitrogen and oxygen atoms in total. The first-order valence-corrected chi connectivity index (χ1v) is 7.93. The van der Waals surface area contributed by atoms with Gasteiger partial charge in [-0.3, -0.25) is 4.90 Å². The van der Waals surface area contributed by atoms with Crippen LogP contribution in [0.4, 0.5) is 0 Å². The van der Waals surface area contributed by atoms with Gasteiger partial charge >= 0.3 is 0 Å². The predicted molar refractivity (Wildman–Crippen MR) is 87.5 cm³/mol. The van der Waals surface area contributed by atoms with Crippen LogP contribution in [0.25, 0.3) is 0 Å². The summed E-state index contributed by atoms with van der Waals surface area (Å²) in [6, 6.07) is 5.43. The lowest BCUT2D eigenvalue weighted by Crippen LogP contribution is -2.48. The van der Waals surface area contributed by atoms with Gasteiger partial charge in [0.2, 0.25) is 5.75 Å². The largest absolute Gasteiger partial charge is 0.493 e. The Kier molecular flexibility index (Phi) is 6.50. The third-order valence-electron chi connectivity index (χ3n) is 3.77. The highest BCUT2D eigenvalue weighted by atomic mass is 16.5. The van der Waals surface area contributed by atoms with Crippen molar-refractivity contribution in [1.29, 1.82) is 0 Å². The SMILES string of the molecule is COc1cccc(OC)c1OC[C@@H](O)CN1C[C@@H](C)O[C@H](C)C1. The molecule has 1 aliphatic heterocycles. The number of methoxy groups -OCH3 is 2. The van der Waals surface area contributed by atoms with Crippen LogP contribution in [0, 0.1) is 0 Å². The lowest BCUT2D eigenvalue weighted by molar-refractivity contribution is -0.0787. The van der Waals surface area contributed by atoms with Gasteiger partial charge in [-0.15, -0.1) is 0 Å². The molecule has 3 atom stereocenters. The van der Waals surface area contributed by atoms with E-state index in [9.17, 15) is 5.11 Å². The van der Waals surface area contributed by atoms with E-state index in [0.29, 0.717) is 23.8 Å². The van der Waals surface area contributed by atoms with Gasteiger partial charge in [-0.1, -0.05) is 6.07 Å². The highest BCUT2D eigenvalue weighted by Gasteiger charge is 2.24. The zero-order valence-corrected chi connectivity index (χ0v) is 14.3. The van der Waals surface area contributed by atoms with Gasteiger partial charge in [-0.05, 0) is 26.0 Å². The van der Waals surface area contributed by atoms with Gasteiger partial charge in [0.1, 0.15) is 12.7 Å². The van der Waals surface area contributed by atoms with E-state index in [4.69, 9.17) is 18.9 Å². The zero-order chi connectivity index (χ0) is 16.8. The first-order chi connectivity index (χ1) is 11.0. The number of nitrogens with zero attached hydrogens (tertiary/aromatic N) is 1. The summed E-state index contributed by atoms with van der Waals surface area (Å²) >= 11 is 0. The molecule has 0 aromatic heterocycles. The van der Waals surface area contributed by atoms with Gasteiger partial charge in [0.25, 0.3) is 0 Å². The van der Waals surface area contributed by atoms with Crippen molar-refractivity contribution in [2.24, 2.45) is 0 Å². The van der Waals surface area contributed by atoms with E-state index < -0.39 is 6.10 Å². The van der Waals surface area contributed by atoms with Crippen molar-refractivity contribution in [2.75, 3.05) is 40.5 Å². The summed E-state index contributed by atoms with van der Waals surface area (Å²) in [5.74, 6) is 1.69. The maximum Gasteiger partial charge on any atom is 0.203 e. The Morgan fingerprint density at radius 2 is 1.74 bits per heavy atom. The fourth-order valence-electron chi connectivity index (χ4n) is 2.92. The fraction of sp³-hybridized carbons (Fsp3) is 0.647. The lowest BCUT2D eigenvalue weighted by atomic mass is 10.2. The summed E-state index contributed by atoms with van der Waals surface area (Å²) in [5.41, 5.74) is 0. The molecule has 0 bridgehead atoms. The molecule has 0 aliphatic carbocycles. The Labute approximate surface area is 137 Å². The van der Waals surface area contributed by atoms with E-state index in [0.717, 1.165) is 13.1 Å². The molecule has 1 heterocycles. The van der Waals surface area contributed by atoms with Crippen LogP contribution in [0.3, 0.4) is 0 Å². The number of morpholine rings is 1. The van der Waals surface area contributed by atoms with Crippen LogP contribution in [0.1, 0.15) is 13.8 Å². The zero-order valence-electron chi connectivity index (χ0n) is 14.3. The van der Waals surface area contributed by atoms with Crippen LogP contribution in [0.5, 0.6) is 17.2 Å². The van der Waals surface area contributed by atoms with Crippen molar-refractivity contribution in [3.8, 4) is 17.2 Å². The number of para-hydroxylation sites is 1. The van der Waals surface area contributed by atoms with Crippen molar-refractivity contribution >= 4 is 0 Å². The fourth-order valence-corrected chi connectivity index (χ4v) is 2.92. The highest BCUT2D eigenvalue weighted by Crippen LogP contribution is 2.36. The Hall–Kier alpha value is -1.50. The number of aliphatic hydroxyl groups is 1. The van der Waals surface area contributed by atoms with E-state index >= 15 is 0 Å². The molecule has 0 amide bonds. The standard InChI is InChI=1S/C17H27NO5/c1-12-8-18(9-13(2)23-12)10-14(19)11-22-17-15(20-3)6-5-7-16(17)21-4/h5-7,12-14,19H,8-11H2,1-4H3/t12-,13-,14+/m1/s1. The number of ether oxygens (including phenoxy) is 4. The van der Waals surface area contributed by atoms with Gasteiger partial charge in [-0.25, -0.2) is 0 Å². The monoisotopic (exact) mass is 325 g/mol. The first kappa shape index (κ1) is 17.8. The molecular weight excluding hydrogens is 298 g/mol. The normalized spacial score (nSPS) is 23.3. The third-order valence-corrected chi connectivity index (χ3v) is 3.77. The number of aliphatic hydroxyl groups excluding tert-OH is 1. The summed E-state index contributed by atoms with van der Waals surface area (Å²) < 4.78 is 22.0. The van der Waals surface area contributed by atoms with Crippen LogP contribution in [0.15, 0.2) is 18.2 Å². The Balaban J connectivity index is 1.90. The number of β-amino-alcohol motifs (C(OH)–C–C–N with tert-alkyl or cyclic N) is 1. The molecule has 23 heavy (non-hydrogen) atoms. The molecule has 0 saturated carbocycles. The molecule has 0 spiro atoms. The molecule has 2 rings (SSSR count). The third kappa shape index (κ3) is 4.99. The Morgan fingerprint density at radius 3 is 2.26 bits per heavy atom. The Bertz CT molecular complexity index is 464. The highest BCUT2D eigenvalue weighted by molar-refractivity contribution is 5.51. The minimum Gasteiger partial charge on any atom is -0.493 e. The average molecular weight is 325 g/mol. The summed E-state index contributed by atoms with van der Waals surface area (Å²) in [6.07, 6.45) is -0.232. The smallest absolute Gasteiger partial charge is 0.203 e. The Morgan fingerprint density at radius 1 is 1.17 bits per heavy atom. The first-order valence-electron chi connectivity index (χ1n) is 7.93. The summed E-state index contributed by atoms with van der Waals surface area (Å²) in [5, 5.41) is 10.3. The lowest BCUT2D eigenvalue weighted by Gasteiger charge is -2.36. The number of hydrogen-bond acceptors (Lipinski definition) is 6. The molecule has 1 aromatic rings. The molecule has 1 aliphatic rings. The van der Waals surface area contributed by atoms with E-state index in [1.807, 2.05) is 19.9 Å². The van der Waals surface area contributed by atoms with Gasteiger partial charge in [0.15, 0.2) is 11.5 Å². The predicted octanol–water partition coefficient (Wildman–Crippen LogP) is 1.55. The van der Waals surface area contributed by atoms with Crippen LogP contribution in [0.2, 0.25) is 0 Å². The molecule has 1 N–H and O–H groups in total. The second-order valence-electron chi connectivity index (χ2n) is 5.93. The molecule has 1 saturated heterocycles. The molecule has 0 radical (unpaired) electrons. The van der Waals surface area contributed by atoms with Crippen LogP contribution < -0.4 is 14.2 Å². The molecular formula is C17H27NO5. The van der Waals surface area contributed by atoms with E-state index in [-0.39, 0.29) is 18.8 Å². The summed E-state index contributed by atoms with van der Waals surface area (Å²) in [6.45, 7) is 6.46. The molecule has 1 aromatic carbocycles. The molecule has 6 heteroatoms. The van der Waals surface area contributed by atoms with Crippen LogP contribution >= 0.6 is 0 Å². The number of benzene rings is 1. The van der Waals surface area contributed by atoms with E-state index in [1.54, 1.807) is 26.4 Å². The molecule has 130 valence electrons. The molecule has 1 fully saturated rings. The van der Waals surface area contributed by atoms with Crippen molar-refractivity contribution in [3.05, 3.63) is 18.2 Å². The summed E-state index contributed by atoms with van der Waals surface area (Å²) in [4.78, 5) is 2.20. The van der Waals surface area contributed by atoms with E-state index in [1.165, 1.54) is 0 Å². The van der Waals surface area contributed by atoms with E-state index in [2.05, 4.69) is 4.90 Å². The molecule has 0 unspecified atom stereocenters.